The highest BCUT2D eigenvalue weighted by Gasteiger charge is 2.23. The van der Waals surface area contributed by atoms with Crippen molar-refractivity contribution in [3.8, 4) is 0 Å². The van der Waals surface area contributed by atoms with Gasteiger partial charge in [0.25, 0.3) is 0 Å². The smallest absolute Gasteiger partial charge is 0.105 e. The van der Waals surface area contributed by atoms with Crippen LogP contribution < -0.4 is 9.80 Å². The Morgan fingerprint density at radius 2 is 1.75 bits per heavy atom. The SMILES string of the molecule is Cc1[nH]c2ccccc2c1C[NH+]1CCN(c2ccccc2Cl)CC1. The first-order valence-corrected chi connectivity index (χ1v) is 8.99. The maximum Gasteiger partial charge on any atom is 0.105 e. The summed E-state index contributed by atoms with van der Waals surface area (Å²) in [6, 6.07) is 16.8. The van der Waals surface area contributed by atoms with Crippen LogP contribution in [0.25, 0.3) is 10.9 Å². The fraction of sp³-hybridized carbons (Fsp3) is 0.300. The predicted molar refractivity (Wildman–Crippen MR) is 101 cm³/mol. The Balaban J connectivity index is 1.46. The van der Waals surface area contributed by atoms with Gasteiger partial charge >= 0.3 is 0 Å². The van der Waals surface area contributed by atoms with E-state index in [2.05, 4.69) is 53.2 Å². The van der Waals surface area contributed by atoms with Gasteiger partial charge in [0.15, 0.2) is 0 Å². The zero-order valence-electron chi connectivity index (χ0n) is 14.0. The molecule has 0 radical (unpaired) electrons. The fourth-order valence-corrected chi connectivity index (χ4v) is 4.02. The number of aromatic amines is 1. The van der Waals surface area contributed by atoms with Gasteiger partial charge in [0.2, 0.25) is 0 Å². The number of halogens is 1. The Bertz CT molecular complexity index is 847. The minimum absolute atomic E-state index is 0.855. The van der Waals surface area contributed by atoms with Gasteiger partial charge in [-0.05, 0) is 25.1 Å². The zero-order chi connectivity index (χ0) is 16.5. The molecule has 0 bridgehead atoms. The first kappa shape index (κ1) is 15.6. The van der Waals surface area contributed by atoms with Gasteiger partial charge in [0.05, 0.1) is 36.9 Å². The number of fused-ring (bicyclic) bond motifs is 1. The molecule has 2 aromatic carbocycles. The van der Waals surface area contributed by atoms with Crippen LogP contribution in [0.4, 0.5) is 5.69 Å². The molecule has 2 N–H and O–H groups in total. The molecule has 1 aliphatic rings. The van der Waals surface area contributed by atoms with Crippen LogP contribution in [0.1, 0.15) is 11.3 Å². The molecule has 3 nitrogen and oxygen atoms in total. The van der Waals surface area contributed by atoms with Gasteiger partial charge in [-0.15, -0.1) is 0 Å². The van der Waals surface area contributed by atoms with E-state index in [1.54, 1.807) is 4.90 Å². The van der Waals surface area contributed by atoms with Crippen molar-refractivity contribution in [3.05, 3.63) is 64.8 Å². The number of hydrogen-bond acceptors (Lipinski definition) is 1. The largest absolute Gasteiger partial charge is 0.359 e. The molecule has 124 valence electrons. The van der Waals surface area contributed by atoms with Crippen LogP contribution in [0.3, 0.4) is 0 Å². The van der Waals surface area contributed by atoms with Gasteiger partial charge in [0.1, 0.15) is 6.54 Å². The molecule has 1 aromatic heterocycles. The third-order valence-electron chi connectivity index (χ3n) is 5.12. The van der Waals surface area contributed by atoms with Gasteiger partial charge in [-0.25, -0.2) is 0 Å². The average Bonchev–Trinajstić information content (AvgIpc) is 2.92. The fourth-order valence-electron chi connectivity index (χ4n) is 3.76. The van der Waals surface area contributed by atoms with Crippen molar-refractivity contribution in [2.75, 3.05) is 31.1 Å². The molecule has 0 saturated carbocycles. The Morgan fingerprint density at radius 3 is 2.54 bits per heavy atom. The number of quaternary nitrogens is 1. The molecule has 1 aliphatic heterocycles. The number of nitrogens with zero attached hydrogens (tertiary/aromatic N) is 1. The van der Waals surface area contributed by atoms with Crippen LogP contribution >= 0.6 is 11.6 Å². The van der Waals surface area contributed by atoms with E-state index >= 15 is 0 Å². The second kappa shape index (κ2) is 6.50. The van der Waals surface area contributed by atoms with Crippen molar-refractivity contribution in [1.29, 1.82) is 0 Å². The molecule has 0 atom stereocenters. The molecule has 0 spiro atoms. The molecular formula is C20H23ClN3+. The third-order valence-corrected chi connectivity index (χ3v) is 5.44. The number of aromatic nitrogens is 1. The average molecular weight is 341 g/mol. The van der Waals surface area contributed by atoms with Crippen LogP contribution in [-0.2, 0) is 6.54 Å². The summed E-state index contributed by atoms with van der Waals surface area (Å²) >= 11 is 6.34. The molecule has 0 unspecified atom stereocenters. The van der Waals surface area contributed by atoms with E-state index in [-0.39, 0.29) is 0 Å². The summed E-state index contributed by atoms with van der Waals surface area (Å²) in [7, 11) is 0. The van der Waals surface area contributed by atoms with Crippen molar-refractivity contribution in [2.45, 2.75) is 13.5 Å². The number of anilines is 1. The lowest BCUT2D eigenvalue weighted by Gasteiger charge is -2.34. The third kappa shape index (κ3) is 2.90. The van der Waals surface area contributed by atoms with E-state index in [1.807, 2.05) is 12.1 Å². The van der Waals surface area contributed by atoms with Crippen molar-refractivity contribution >= 4 is 28.2 Å². The number of hydrogen-bond donors (Lipinski definition) is 2. The van der Waals surface area contributed by atoms with Crippen LogP contribution in [0.5, 0.6) is 0 Å². The second-order valence-electron chi connectivity index (χ2n) is 6.64. The van der Waals surface area contributed by atoms with Gasteiger partial charge in [-0.3, -0.25) is 0 Å². The molecule has 1 saturated heterocycles. The summed E-state index contributed by atoms with van der Waals surface area (Å²) in [4.78, 5) is 7.57. The molecule has 24 heavy (non-hydrogen) atoms. The number of para-hydroxylation sites is 2. The lowest BCUT2D eigenvalue weighted by molar-refractivity contribution is -0.914. The topological polar surface area (TPSA) is 23.5 Å². The maximum atomic E-state index is 6.34. The van der Waals surface area contributed by atoms with Gasteiger partial charge in [-0.2, -0.15) is 0 Å². The molecule has 0 aliphatic carbocycles. The first-order valence-electron chi connectivity index (χ1n) is 8.61. The molecule has 4 rings (SSSR count). The highest BCUT2D eigenvalue weighted by molar-refractivity contribution is 6.33. The number of aryl methyl sites for hydroxylation is 1. The van der Waals surface area contributed by atoms with E-state index in [0.717, 1.165) is 37.7 Å². The molecular weight excluding hydrogens is 318 g/mol. The Hall–Kier alpha value is -1.97. The van der Waals surface area contributed by atoms with E-state index in [0.29, 0.717) is 0 Å². The highest BCUT2D eigenvalue weighted by Crippen LogP contribution is 2.25. The minimum Gasteiger partial charge on any atom is -0.359 e. The summed E-state index contributed by atoms with van der Waals surface area (Å²) < 4.78 is 0. The van der Waals surface area contributed by atoms with Crippen molar-refractivity contribution in [2.24, 2.45) is 0 Å². The molecule has 3 aromatic rings. The van der Waals surface area contributed by atoms with Crippen LogP contribution in [-0.4, -0.2) is 31.2 Å². The van der Waals surface area contributed by atoms with Crippen LogP contribution in [0.15, 0.2) is 48.5 Å². The monoisotopic (exact) mass is 340 g/mol. The lowest BCUT2D eigenvalue weighted by atomic mass is 10.1. The maximum absolute atomic E-state index is 6.34. The van der Waals surface area contributed by atoms with E-state index in [1.165, 1.54) is 27.8 Å². The van der Waals surface area contributed by atoms with Crippen molar-refractivity contribution in [1.82, 2.24) is 4.98 Å². The summed E-state index contributed by atoms with van der Waals surface area (Å²) in [6.07, 6.45) is 0. The standard InChI is InChI=1S/C20H22ClN3/c1-15-17(16-6-2-4-8-19(16)22-15)14-23-10-12-24(13-11-23)20-9-5-3-7-18(20)21/h2-9,22H,10-14H2,1H3/p+1. The predicted octanol–water partition coefficient (Wildman–Crippen LogP) is 3.03. The Labute approximate surface area is 147 Å². The first-order chi connectivity index (χ1) is 11.7. The lowest BCUT2D eigenvalue weighted by Crippen LogP contribution is -3.13. The number of nitrogens with one attached hydrogen (secondary N) is 2. The second-order valence-corrected chi connectivity index (χ2v) is 7.05. The van der Waals surface area contributed by atoms with E-state index in [9.17, 15) is 0 Å². The summed E-state index contributed by atoms with van der Waals surface area (Å²) in [5.74, 6) is 0. The molecule has 4 heteroatoms. The Morgan fingerprint density at radius 1 is 1.04 bits per heavy atom. The highest BCUT2D eigenvalue weighted by atomic mass is 35.5. The Kier molecular flexibility index (Phi) is 4.21. The van der Waals surface area contributed by atoms with Crippen molar-refractivity contribution in [3.63, 3.8) is 0 Å². The van der Waals surface area contributed by atoms with Gasteiger partial charge < -0.3 is 14.8 Å². The normalized spacial score (nSPS) is 16.0. The van der Waals surface area contributed by atoms with Crippen molar-refractivity contribution < 1.29 is 4.90 Å². The number of rotatable bonds is 3. The van der Waals surface area contributed by atoms with E-state index in [4.69, 9.17) is 11.6 Å². The molecule has 1 fully saturated rings. The number of H-pyrrole nitrogens is 1. The van der Waals surface area contributed by atoms with Crippen LogP contribution in [0.2, 0.25) is 5.02 Å². The quantitative estimate of drug-likeness (QED) is 0.752. The summed E-state index contributed by atoms with van der Waals surface area (Å²) in [6.45, 7) is 7.68. The van der Waals surface area contributed by atoms with Gasteiger partial charge in [0, 0.05) is 22.2 Å². The van der Waals surface area contributed by atoms with Gasteiger partial charge in [-0.1, -0.05) is 41.9 Å². The summed E-state index contributed by atoms with van der Waals surface area (Å²) in [5, 5.41) is 2.23. The molecule has 2 heterocycles. The number of benzene rings is 2. The van der Waals surface area contributed by atoms with Crippen LogP contribution in [0, 0.1) is 6.92 Å². The number of piperazine rings is 1. The zero-order valence-corrected chi connectivity index (χ0v) is 14.7. The molecule has 0 amide bonds. The summed E-state index contributed by atoms with van der Waals surface area (Å²) in [5.41, 5.74) is 5.18. The van der Waals surface area contributed by atoms with E-state index < -0.39 is 0 Å². The minimum atomic E-state index is 0.855.